The van der Waals surface area contributed by atoms with E-state index in [2.05, 4.69) is 53.6 Å². The summed E-state index contributed by atoms with van der Waals surface area (Å²) in [6, 6.07) is 13.0. The van der Waals surface area contributed by atoms with Crippen molar-refractivity contribution in [3.63, 3.8) is 0 Å². The van der Waals surface area contributed by atoms with E-state index >= 15 is 0 Å². The third kappa shape index (κ3) is 2.02. The van der Waals surface area contributed by atoms with Crippen LogP contribution in [0, 0.1) is 6.92 Å². The molecular formula is C16H16N2. The van der Waals surface area contributed by atoms with Crippen LogP contribution in [0.2, 0.25) is 0 Å². The van der Waals surface area contributed by atoms with Gasteiger partial charge in [0, 0.05) is 12.4 Å². The lowest BCUT2D eigenvalue weighted by Crippen LogP contribution is -2.17. The van der Waals surface area contributed by atoms with Gasteiger partial charge in [0.2, 0.25) is 0 Å². The van der Waals surface area contributed by atoms with Crippen molar-refractivity contribution in [3.05, 3.63) is 59.3 Å². The molecule has 0 aromatic heterocycles. The number of hydrogen-bond acceptors (Lipinski definition) is 2. The number of nitrogens with one attached hydrogen (secondary N) is 1. The third-order valence-electron chi connectivity index (χ3n) is 3.23. The quantitative estimate of drug-likeness (QED) is 0.801. The second-order valence-electron chi connectivity index (χ2n) is 4.85. The van der Waals surface area contributed by atoms with Crippen LogP contribution in [0.5, 0.6) is 0 Å². The van der Waals surface area contributed by atoms with Crippen molar-refractivity contribution < 1.29 is 0 Å². The van der Waals surface area contributed by atoms with Crippen molar-refractivity contribution in [1.82, 2.24) is 5.32 Å². The van der Waals surface area contributed by atoms with E-state index in [0.29, 0.717) is 0 Å². The van der Waals surface area contributed by atoms with E-state index in [4.69, 9.17) is 0 Å². The number of aliphatic imine (C=N–C) groups is 1. The maximum absolute atomic E-state index is 4.50. The Bertz CT molecular complexity index is 653. The van der Waals surface area contributed by atoms with Gasteiger partial charge in [-0.3, -0.25) is 4.99 Å². The van der Waals surface area contributed by atoms with Crippen LogP contribution in [0.4, 0.5) is 0 Å². The highest BCUT2D eigenvalue weighted by molar-refractivity contribution is 5.84. The van der Waals surface area contributed by atoms with Gasteiger partial charge in [0.05, 0.1) is 0 Å². The van der Waals surface area contributed by atoms with Gasteiger partial charge >= 0.3 is 0 Å². The molecule has 0 aliphatic carbocycles. The molecule has 1 heterocycles. The van der Waals surface area contributed by atoms with Gasteiger partial charge in [-0.05, 0) is 41.8 Å². The number of rotatable bonds is 1. The van der Waals surface area contributed by atoms with Crippen LogP contribution in [-0.4, -0.2) is 6.21 Å². The van der Waals surface area contributed by atoms with Crippen LogP contribution < -0.4 is 5.32 Å². The van der Waals surface area contributed by atoms with Crippen molar-refractivity contribution >= 4 is 17.0 Å². The van der Waals surface area contributed by atoms with Gasteiger partial charge in [-0.1, -0.05) is 35.9 Å². The molecule has 3 rings (SSSR count). The number of fused-ring (bicyclic) bond motifs is 1. The molecule has 0 bridgehead atoms. The van der Waals surface area contributed by atoms with Gasteiger partial charge in [0.1, 0.15) is 6.17 Å². The van der Waals surface area contributed by atoms with E-state index in [1.165, 1.54) is 21.9 Å². The standard InChI is InChI=1S/C16H16N2/c1-11-3-4-14-8-15(6-5-13(14)7-11)16-17-9-12(2)10-18-16/h3-10,16-17H,1-2H3. The molecule has 90 valence electrons. The molecule has 2 aromatic rings. The van der Waals surface area contributed by atoms with E-state index in [-0.39, 0.29) is 6.17 Å². The summed E-state index contributed by atoms with van der Waals surface area (Å²) in [4.78, 5) is 4.50. The zero-order valence-electron chi connectivity index (χ0n) is 10.6. The Hall–Kier alpha value is -2.09. The maximum atomic E-state index is 4.50. The van der Waals surface area contributed by atoms with Gasteiger partial charge in [0.15, 0.2) is 0 Å². The fraction of sp³-hybridized carbons (Fsp3) is 0.188. The third-order valence-corrected chi connectivity index (χ3v) is 3.23. The first-order valence-corrected chi connectivity index (χ1v) is 6.19. The molecule has 0 saturated carbocycles. The molecule has 0 saturated heterocycles. The summed E-state index contributed by atoms with van der Waals surface area (Å²) in [6.07, 6.45) is 3.97. The molecule has 1 aliphatic rings. The average Bonchev–Trinajstić information content (AvgIpc) is 2.39. The summed E-state index contributed by atoms with van der Waals surface area (Å²) in [7, 11) is 0. The highest BCUT2D eigenvalue weighted by atomic mass is 15.1. The van der Waals surface area contributed by atoms with Gasteiger partial charge in [-0.15, -0.1) is 0 Å². The van der Waals surface area contributed by atoms with E-state index in [1.807, 2.05) is 19.3 Å². The molecule has 2 nitrogen and oxygen atoms in total. The highest BCUT2D eigenvalue weighted by Gasteiger charge is 2.10. The molecule has 1 N–H and O–H groups in total. The van der Waals surface area contributed by atoms with Crippen molar-refractivity contribution in [2.24, 2.45) is 4.99 Å². The Balaban J connectivity index is 1.99. The van der Waals surface area contributed by atoms with Gasteiger partial charge in [0.25, 0.3) is 0 Å². The summed E-state index contributed by atoms with van der Waals surface area (Å²) in [5.74, 6) is 0. The van der Waals surface area contributed by atoms with E-state index < -0.39 is 0 Å². The van der Waals surface area contributed by atoms with Crippen molar-refractivity contribution in [2.45, 2.75) is 20.0 Å². The summed E-state index contributed by atoms with van der Waals surface area (Å²) >= 11 is 0. The highest BCUT2D eigenvalue weighted by Crippen LogP contribution is 2.23. The summed E-state index contributed by atoms with van der Waals surface area (Å²) in [5, 5.41) is 5.85. The predicted octanol–water partition coefficient (Wildman–Crippen LogP) is 3.72. The fourth-order valence-electron chi connectivity index (χ4n) is 2.22. The van der Waals surface area contributed by atoms with E-state index in [1.54, 1.807) is 0 Å². The Morgan fingerprint density at radius 3 is 2.56 bits per heavy atom. The Kier molecular flexibility index (Phi) is 2.63. The molecule has 0 fully saturated rings. The number of benzene rings is 2. The first-order chi connectivity index (χ1) is 8.72. The van der Waals surface area contributed by atoms with Crippen LogP contribution in [0.25, 0.3) is 10.8 Å². The predicted molar refractivity (Wildman–Crippen MR) is 76.8 cm³/mol. The Morgan fingerprint density at radius 1 is 1.00 bits per heavy atom. The maximum Gasteiger partial charge on any atom is 0.144 e. The van der Waals surface area contributed by atoms with Crippen molar-refractivity contribution in [1.29, 1.82) is 0 Å². The fourth-order valence-corrected chi connectivity index (χ4v) is 2.22. The van der Waals surface area contributed by atoms with E-state index in [0.717, 1.165) is 5.57 Å². The minimum Gasteiger partial charge on any atom is -0.366 e. The second kappa shape index (κ2) is 4.30. The average molecular weight is 236 g/mol. The Morgan fingerprint density at radius 2 is 1.78 bits per heavy atom. The van der Waals surface area contributed by atoms with Crippen molar-refractivity contribution in [2.75, 3.05) is 0 Å². The molecule has 2 aromatic carbocycles. The van der Waals surface area contributed by atoms with Gasteiger partial charge in [-0.2, -0.15) is 0 Å². The zero-order chi connectivity index (χ0) is 12.5. The first kappa shape index (κ1) is 11.0. The lowest BCUT2D eigenvalue weighted by Gasteiger charge is -2.17. The van der Waals surface area contributed by atoms with Crippen LogP contribution in [0.1, 0.15) is 24.2 Å². The molecule has 1 aliphatic heterocycles. The minimum atomic E-state index is 0.0411. The van der Waals surface area contributed by atoms with Gasteiger partial charge < -0.3 is 5.32 Å². The number of aryl methyl sites for hydroxylation is 1. The minimum absolute atomic E-state index is 0.0411. The Labute approximate surface area is 107 Å². The number of allylic oxidation sites excluding steroid dienone is 1. The molecule has 1 atom stereocenters. The molecule has 2 heteroatoms. The molecule has 0 amide bonds. The lowest BCUT2D eigenvalue weighted by molar-refractivity contribution is 0.649. The van der Waals surface area contributed by atoms with Crippen LogP contribution >= 0.6 is 0 Å². The summed E-state index contributed by atoms with van der Waals surface area (Å²) < 4.78 is 0. The normalized spacial score (nSPS) is 18.6. The number of nitrogens with zero attached hydrogens (tertiary/aromatic N) is 1. The molecule has 18 heavy (non-hydrogen) atoms. The molecule has 1 unspecified atom stereocenters. The second-order valence-corrected chi connectivity index (χ2v) is 4.85. The van der Waals surface area contributed by atoms with Gasteiger partial charge in [-0.25, -0.2) is 0 Å². The smallest absolute Gasteiger partial charge is 0.144 e. The molecule has 0 radical (unpaired) electrons. The van der Waals surface area contributed by atoms with E-state index in [9.17, 15) is 0 Å². The van der Waals surface area contributed by atoms with Crippen molar-refractivity contribution in [3.8, 4) is 0 Å². The SMILES string of the molecule is CC1=CNC(c2ccc3cc(C)ccc3c2)N=C1. The first-order valence-electron chi connectivity index (χ1n) is 6.19. The molecule has 0 spiro atoms. The molecular weight excluding hydrogens is 220 g/mol. The van der Waals surface area contributed by atoms with Crippen LogP contribution in [-0.2, 0) is 0 Å². The summed E-state index contributed by atoms with van der Waals surface area (Å²) in [5.41, 5.74) is 3.65. The summed E-state index contributed by atoms with van der Waals surface area (Å²) in [6.45, 7) is 4.16. The largest absolute Gasteiger partial charge is 0.366 e. The lowest BCUT2D eigenvalue weighted by atomic mass is 10.0. The van der Waals surface area contributed by atoms with Crippen LogP contribution in [0.3, 0.4) is 0 Å². The number of hydrogen-bond donors (Lipinski definition) is 1. The van der Waals surface area contributed by atoms with Crippen LogP contribution in [0.15, 0.2) is 53.2 Å². The monoisotopic (exact) mass is 236 g/mol. The zero-order valence-corrected chi connectivity index (χ0v) is 10.6. The topological polar surface area (TPSA) is 24.4 Å².